The summed E-state index contributed by atoms with van der Waals surface area (Å²) in [6.07, 6.45) is 2.09. The molecule has 0 aliphatic carbocycles. The summed E-state index contributed by atoms with van der Waals surface area (Å²) in [6, 6.07) is 13.4. The van der Waals surface area contributed by atoms with Crippen molar-refractivity contribution in [2.75, 3.05) is 0 Å². The number of aryl methyl sites for hydroxylation is 1. The SMILES string of the molecule is Cc1ccn2c(=O)cc(CN3C(=O)N[C@@H](Cc4ccccc4)C3=O)nc2c1. The Morgan fingerprint density at radius 1 is 1.07 bits per heavy atom. The largest absolute Gasteiger partial charge is 0.325 e. The van der Waals surface area contributed by atoms with Crippen LogP contribution in [0, 0.1) is 6.92 Å². The number of pyridine rings is 1. The van der Waals surface area contributed by atoms with E-state index in [-0.39, 0.29) is 18.0 Å². The molecule has 3 amide bonds. The van der Waals surface area contributed by atoms with Gasteiger partial charge in [0.15, 0.2) is 0 Å². The minimum Gasteiger partial charge on any atom is -0.325 e. The fraction of sp³-hybridized carbons (Fsp3) is 0.200. The topological polar surface area (TPSA) is 83.8 Å². The van der Waals surface area contributed by atoms with Crippen LogP contribution in [0.2, 0.25) is 0 Å². The zero-order valence-electron chi connectivity index (χ0n) is 14.8. The van der Waals surface area contributed by atoms with Crippen molar-refractivity contribution < 1.29 is 9.59 Å². The lowest BCUT2D eigenvalue weighted by Crippen LogP contribution is -2.32. The summed E-state index contributed by atoms with van der Waals surface area (Å²) >= 11 is 0. The first-order chi connectivity index (χ1) is 13.0. The van der Waals surface area contributed by atoms with Gasteiger partial charge in [0.05, 0.1) is 12.2 Å². The van der Waals surface area contributed by atoms with Crippen molar-refractivity contribution in [3.05, 3.63) is 81.9 Å². The average Bonchev–Trinajstić information content (AvgIpc) is 2.89. The zero-order valence-corrected chi connectivity index (χ0v) is 14.8. The second kappa shape index (κ2) is 6.68. The first-order valence-corrected chi connectivity index (χ1v) is 8.66. The molecule has 1 aromatic carbocycles. The number of nitrogens with one attached hydrogen (secondary N) is 1. The van der Waals surface area contributed by atoms with Crippen molar-refractivity contribution >= 4 is 17.6 Å². The van der Waals surface area contributed by atoms with E-state index in [4.69, 9.17) is 0 Å². The smallest absolute Gasteiger partial charge is 0.325 e. The number of rotatable bonds is 4. The molecule has 0 unspecified atom stereocenters. The number of carbonyl (C=O) groups excluding carboxylic acids is 2. The normalized spacial score (nSPS) is 16.8. The molecule has 3 aromatic rings. The minimum atomic E-state index is -0.608. The number of benzene rings is 1. The molecule has 7 nitrogen and oxygen atoms in total. The van der Waals surface area contributed by atoms with E-state index in [1.165, 1.54) is 10.5 Å². The molecule has 0 saturated carbocycles. The number of fused-ring (bicyclic) bond motifs is 1. The van der Waals surface area contributed by atoms with Crippen molar-refractivity contribution in [1.82, 2.24) is 19.6 Å². The van der Waals surface area contributed by atoms with Crippen molar-refractivity contribution in [2.24, 2.45) is 0 Å². The summed E-state index contributed by atoms with van der Waals surface area (Å²) in [4.78, 5) is 42.7. The standard InChI is InChI=1S/C20H18N4O3/c1-13-7-8-23-17(9-13)21-15(11-18(23)25)12-24-19(26)16(22-20(24)27)10-14-5-3-2-4-6-14/h2-9,11,16H,10,12H2,1H3,(H,22,27)/t16-/m0/s1. The van der Waals surface area contributed by atoms with Gasteiger partial charge in [-0.25, -0.2) is 9.78 Å². The number of hydrogen-bond acceptors (Lipinski definition) is 4. The Balaban J connectivity index is 1.57. The first-order valence-electron chi connectivity index (χ1n) is 8.66. The Morgan fingerprint density at radius 2 is 1.85 bits per heavy atom. The van der Waals surface area contributed by atoms with Gasteiger partial charge in [-0.3, -0.25) is 18.9 Å². The molecule has 0 bridgehead atoms. The molecule has 1 N–H and O–H groups in total. The predicted molar refractivity (Wildman–Crippen MR) is 99.2 cm³/mol. The van der Waals surface area contributed by atoms with Gasteiger partial charge in [0.1, 0.15) is 11.7 Å². The van der Waals surface area contributed by atoms with Crippen molar-refractivity contribution in [3.8, 4) is 0 Å². The molecule has 0 radical (unpaired) electrons. The highest BCUT2D eigenvalue weighted by Crippen LogP contribution is 2.15. The van der Waals surface area contributed by atoms with Crippen LogP contribution in [-0.4, -0.2) is 32.3 Å². The molecule has 7 heteroatoms. The van der Waals surface area contributed by atoms with Crippen LogP contribution in [0.1, 0.15) is 16.8 Å². The fourth-order valence-electron chi connectivity index (χ4n) is 3.21. The zero-order chi connectivity index (χ0) is 19.0. The lowest BCUT2D eigenvalue weighted by atomic mass is 10.1. The number of nitrogens with zero attached hydrogens (tertiary/aromatic N) is 3. The summed E-state index contributed by atoms with van der Waals surface area (Å²) in [5, 5.41) is 2.71. The molecular weight excluding hydrogens is 344 g/mol. The molecule has 136 valence electrons. The van der Waals surface area contributed by atoms with Gasteiger partial charge in [0, 0.05) is 18.7 Å². The summed E-state index contributed by atoms with van der Waals surface area (Å²) in [5.41, 5.74) is 2.57. The highest BCUT2D eigenvalue weighted by molar-refractivity contribution is 6.04. The van der Waals surface area contributed by atoms with Gasteiger partial charge in [-0.15, -0.1) is 0 Å². The van der Waals surface area contributed by atoms with Crippen LogP contribution in [0.3, 0.4) is 0 Å². The van der Waals surface area contributed by atoms with Crippen molar-refractivity contribution in [1.29, 1.82) is 0 Å². The van der Waals surface area contributed by atoms with Gasteiger partial charge >= 0.3 is 6.03 Å². The van der Waals surface area contributed by atoms with Crippen LogP contribution in [0.5, 0.6) is 0 Å². The maximum atomic E-state index is 12.7. The number of imide groups is 1. The van der Waals surface area contributed by atoms with Crippen molar-refractivity contribution in [2.45, 2.75) is 25.9 Å². The molecule has 1 aliphatic rings. The molecule has 1 atom stereocenters. The Labute approximate surface area is 155 Å². The van der Waals surface area contributed by atoms with E-state index < -0.39 is 12.1 Å². The van der Waals surface area contributed by atoms with Crippen LogP contribution in [0.15, 0.2) is 59.5 Å². The Kier molecular flexibility index (Phi) is 4.19. The average molecular weight is 362 g/mol. The molecule has 27 heavy (non-hydrogen) atoms. The highest BCUT2D eigenvalue weighted by Gasteiger charge is 2.38. The number of carbonyl (C=O) groups is 2. The van der Waals surface area contributed by atoms with E-state index in [1.54, 1.807) is 12.3 Å². The first kappa shape index (κ1) is 17.0. The number of aromatic nitrogens is 2. The maximum absolute atomic E-state index is 12.7. The Morgan fingerprint density at radius 3 is 2.63 bits per heavy atom. The summed E-state index contributed by atoms with van der Waals surface area (Å²) in [6.45, 7) is 1.88. The van der Waals surface area contributed by atoms with Gasteiger partial charge in [-0.2, -0.15) is 0 Å². The molecule has 2 aromatic heterocycles. The Bertz CT molecular complexity index is 1090. The van der Waals surface area contributed by atoms with E-state index in [2.05, 4.69) is 10.3 Å². The van der Waals surface area contributed by atoms with E-state index >= 15 is 0 Å². The lowest BCUT2D eigenvalue weighted by Gasteiger charge is -2.13. The predicted octanol–water partition coefficient (Wildman–Crippen LogP) is 1.67. The second-order valence-corrected chi connectivity index (χ2v) is 6.63. The van der Waals surface area contributed by atoms with Gasteiger partial charge in [-0.1, -0.05) is 30.3 Å². The van der Waals surface area contributed by atoms with Crippen molar-refractivity contribution in [3.63, 3.8) is 0 Å². The minimum absolute atomic E-state index is 0.0321. The second-order valence-electron chi connectivity index (χ2n) is 6.63. The molecule has 1 saturated heterocycles. The Hall–Kier alpha value is -3.48. The monoisotopic (exact) mass is 362 g/mol. The van der Waals surface area contributed by atoms with E-state index in [0.29, 0.717) is 17.8 Å². The van der Waals surface area contributed by atoms with E-state index in [1.807, 2.05) is 43.3 Å². The molecular formula is C20H18N4O3. The number of urea groups is 1. The fourth-order valence-corrected chi connectivity index (χ4v) is 3.21. The maximum Gasteiger partial charge on any atom is 0.325 e. The van der Waals surface area contributed by atoms with Gasteiger partial charge in [0.25, 0.3) is 11.5 Å². The highest BCUT2D eigenvalue weighted by atomic mass is 16.2. The summed E-state index contributed by atoms with van der Waals surface area (Å²) in [7, 11) is 0. The van der Waals surface area contributed by atoms with Crippen LogP contribution in [0.4, 0.5) is 4.79 Å². The number of hydrogen-bond donors (Lipinski definition) is 1. The molecule has 1 aliphatic heterocycles. The molecule has 3 heterocycles. The van der Waals surface area contributed by atoms with Gasteiger partial charge in [-0.05, 0) is 30.2 Å². The van der Waals surface area contributed by atoms with Crippen LogP contribution in [0.25, 0.3) is 5.65 Å². The molecule has 1 fully saturated rings. The van der Waals surface area contributed by atoms with Crippen LogP contribution >= 0.6 is 0 Å². The summed E-state index contributed by atoms with van der Waals surface area (Å²) < 4.78 is 1.43. The third kappa shape index (κ3) is 3.31. The summed E-state index contributed by atoms with van der Waals surface area (Å²) in [5.74, 6) is -0.310. The van der Waals surface area contributed by atoms with Gasteiger partial charge in [0.2, 0.25) is 0 Å². The third-order valence-corrected chi connectivity index (χ3v) is 4.59. The van der Waals surface area contributed by atoms with E-state index in [9.17, 15) is 14.4 Å². The quantitative estimate of drug-likeness (QED) is 0.716. The number of amides is 3. The van der Waals surface area contributed by atoms with Crippen LogP contribution < -0.4 is 10.9 Å². The molecule has 0 spiro atoms. The van der Waals surface area contributed by atoms with Gasteiger partial charge < -0.3 is 5.32 Å². The molecule has 4 rings (SSSR count). The third-order valence-electron chi connectivity index (χ3n) is 4.59. The van der Waals surface area contributed by atoms with Crippen LogP contribution in [-0.2, 0) is 17.8 Å². The van der Waals surface area contributed by atoms with E-state index in [0.717, 1.165) is 16.0 Å². The lowest BCUT2D eigenvalue weighted by molar-refractivity contribution is -0.127.